The zero-order chi connectivity index (χ0) is 22.6. The predicted octanol–water partition coefficient (Wildman–Crippen LogP) is 4.83. The number of ether oxygens (including phenoxy) is 4. The van der Waals surface area contributed by atoms with E-state index >= 15 is 0 Å². The van der Waals surface area contributed by atoms with E-state index in [9.17, 15) is 9.18 Å². The second-order valence-electron chi connectivity index (χ2n) is 6.59. The molecule has 3 rings (SSSR count). The smallest absolute Gasteiger partial charge is 0.330 e. The lowest BCUT2D eigenvalue weighted by atomic mass is 10.2. The predicted molar refractivity (Wildman–Crippen MR) is 118 cm³/mol. The van der Waals surface area contributed by atoms with Gasteiger partial charge in [-0.1, -0.05) is 12.1 Å². The Morgan fingerprint density at radius 3 is 2.59 bits per heavy atom. The Hall–Kier alpha value is -3.87. The lowest BCUT2D eigenvalue weighted by Crippen LogP contribution is -2.10. The minimum atomic E-state index is -0.498. The monoisotopic (exact) mass is 437 g/mol. The van der Waals surface area contributed by atoms with E-state index in [1.807, 2.05) is 25.1 Å². The Morgan fingerprint density at radius 2 is 1.84 bits per heavy atom. The van der Waals surface area contributed by atoms with Gasteiger partial charge in [0.25, 0.3) is 0 Å². The van der Waals surface area contributed by atoms with Gasteiger partial charge >= 0.3 is 5.97 Å². The molecule has 0 bridgehead atoms. The number of hydrogen-bond donors (Lipinski definition) is 0. The highest BCUT2D eigenvalue weighted by Crippen LogP contribution is 2.29. The van der Waals surface area contributed by atoms with Gasteiger partial charge in [0.05, 0.1) is 6.61 Å². The number of hydrogen-bond acceptors (Lipinski definition) is 6. The van der Waals surface area contributed by atoms with Crippen LogP contribution in [0.15, 0.2) is 73.1 Å². The number of halogens is 1. The molecule has 166 valence electrons. The molecule has 0 fully saturated rings. The molecule has 1 aromatic heterocycles. The fourth-order valence-corrected chi connectivity index (χ4v) is 2.71. The summed E-state index contributed by atoms with van der Waals surface area (Å²) in [5.74, 6) is 0.859. The van der Waals surface area contributed by atoms with Crippen molar-refractivity contribution in [3.8, 4) is 17.2 Å². The van der Waals surface area contributed by atoms with Crippen molar-refractivity contribution in [1.82, 2.24) is 4.98 Å². The summed E-state index contributed by atoms with van der Waals surface area (Å²) in [6.45, 7) is 2.98. The number of nitrogens with zero attached hydrogens (tertiary/aromatic N) is 1. The maximum absolute atomic E-state index is 12.9. The molecule has 0 spiro atoms. The third kappa shape index (κ3) is 7.43. The number of carbonyl (C=O) groups is 1. The normalized spacial score (nSPS) is 10.7. The summed E-state index contributed by atoms with van der Waals surface area (Å²) in [5, 5.41) is 0. The zero-order valence-electron chi connectivity index (χ0n) is 17.7. The summed E-state index contributed by atoms with van der Waals surface area (Å²) in [5.41, 5.74) is 1.71. The summed E-state index contributed by atoms with van der Waals surface area (Å²) in [6, 6.07) is 14.8. The van der Waals surface area contributed by atoms with E-state index in [1.165, 1.54) is 30.3 Å². The van der Waals surface area contributed by atoms with Gasteiger partial charge in [-0.2, -0.15) is 0 Å². The lowest BCUT2D eigenvalue weighted by molar-refractivity contribution is -0.138. The Kier molecular flexibility index (Phi) is 8.62. The topological polar surface area (TPSA) is 66.9 Å². The van der Waals surface area contributed by atoms with Crippen LogP contribution < -0.4 is 14.2 Å². The average Bonchev–Trinajstić information content (AvgIpc) is 2.82. The van der Waals surface area contributed by atoms with Crippen LogP contribution >= 0.6 is 0 Å². The quantitative estimate of drug-likeness (QED) is 0.243. The molecule has 3 aromatic rings. The third-order valence-electron chi connectivity index (χ3n) is 4.21. The Balaban J connectivity index is 1.49. The molecular formula is C25H24FNO5. The van der Waals surface area contributed by atoms with Crippen LogP contribution in [0.5, 0.6) is 17.2 Å². The molecule has 7 heteroatoms. The van der Waals surface area contributed by atoms with Gasteiger partial charge in [-0.05, 0) is 61.0 Å². The van der Waals surface area contributed by atoms with Crippen LogP contribution in [0.4, 0.5) is 4.39 Å². The average molecular weight is 437 g/mol. The minimum absolute atomic E-state index is 0.0753. The van der Waals surface area contributed by atoms with E-state index in [0.717, 1.165) is 11.1 Å². The van der Waals surface area contributed by atoms with E-state index in [2.05, 4.69) is 4.98 Å². The highest BCUT2D eigenvalue weighted by molar-refractivity contribution is 5.87. The van der Waals surface area contributed by atoms with Gasteiger partial charge in [0.15, 0.2) is 11.5 Å². The van der Waals surface area contributed by atoms with Crippen LogP contribution in [0, 0.1) is 5.82 Å². The molecular weight excluding hydrogens is 413 g/mol. The van der Waals surface area contributed by atoms with Gasteiger partial charge in [-0.15, -0.1) is 0 Å². The molecule has 0 aliphatic rings. The van der Waals surface area contributed by atoms with Gasteiger partial charge in [0.1, 0.15) is 31.4 Å². The van der Waals surface area contributed by atoms with Gasteiger partial charge in [-0.25, -0.2) is 9.18 Å². The molecule has 0 atom stereocenters. The summed E-state index contributed by atoms with van der Waals surface area (Å²) < 4.78 is 34.9. The van der Waals surface area contributed by atoms with Gasteiger partial charge in [0, 0.05) is 24.0 Å². The molecule has 0 unspecified atom stereocenters. The van der Waals surface area contributed by atoms with Crippen LogP contribution in [0.3, 0.4) is 0 Å². The molecule has 0 aliphatic heterocycles. The van der Waals surface area contributed by atoms with Crippen molar-refractivity contribution in [2.45, 2.75) is 13.5 Å². The highest BCUT2D eigenvalue weighted by atomic mass is 19.1. The van der Waals surface area contributed by atoms with Crippen molar-refractivity contribution < 1.29 is 28.1 Å². The standard InChI is InChI=1S/C25H24FNO5/c1-2-29-24-16-19(5-11-23(24)32-18-20-4-3-13-27-17-20)6-12-25(28)31-15-14-30-22-9-7-21(26)8-10-22/h3-13,16-17H,2,14-15,18H2,1H3/b12-6+. The Bertz CT molecular complexity index is 1020. The van der Waals surface area contributed by atoms with Crippen LogP contribution in [0.2, 0.25) is 0 Å². The first-order chi connectivity index (χ1) is 15.6. The molecule has 32 heavy (non-hydrogen) atoms. The summed E-state index contributed by atoms with van der Waals surface area (Å²) in [4.78, 5) is 16.0. The first-order valence-corrected chi connectivity index (χ1v) is 10.2. The largest absolute Gasteiger partial charge is 0.490 e. The molecule has 0 radical (unpaired) electrons. The molecule has 0 amide bonds. The fourth-order valence-electron chi connectivity index (χ4n) is 2.71. The third-order valence-corrected chi connectivity index (χ3v) is 4.21. The van der Waals surface area contributed by atoms with Crippen molar-refractivity contribution in [2.24, 2.45) is 0 Å². The molecule has 0 saturated carbocycles. The maximum Gasteiger partial charge on any atom is 0.330 e. The van der Waals surface area contributed by atoms with Crippen molar-refractivity contribution >= 4 is 12.0 Å². The van der Waals surface area contributed by atoms with E-state index in [-0.39, 0.29) is 19.0 Å². The van der Waals surface area contributed by atoms with Crippen molar-refractivity contribution in [1.29, 1.82) is 0 Å². The maximum atomic E-state index is 12.9. The Labute approximate surface area is 186 Å². The first kappa shape index (κ1) is 22.8. The van der Waals surface area contributed by atoms with E-state index in [4.69, 9.17) is 18.9 Å². The summed E-state index contributed by atoms with van der Waals surface area (Å²) in [6.07, 6.45) is 6.42. The second kappa shape index (κ2) is 12.1. The number of esters is 1. The number of carbonyl (C=O) groups excluding carboxylic acids is 1. The molecule has 0 N–H and O–H groups in total. The SMILES string of the molecule is CCOc1cc(/C=C/C(=O)OCCOc2ccc(F)cc2)ccc1OCc1cccnc1. The Morgan fingerprint density at radius 1 is 1.00 bits per heavy atom. The number of pyridine rings is 1. The van der Waals surface area contributed by atoms with Crippen molar-refractivity contribution in [3.05, 3.63) is 90.0 Å². The zero-order valence-corrected chi connectivity index (χ0v) is 17.7. The number of aromatic nitrogens is 1. The van der Waals surface area contributed by atoms with Crippen molar-refractivity contribution in [3.63, 3.8) is 0 Å². The summed E-state index contributed by atoms with van der Waals surface area (Å²) in [7, 11) is 0. The van der Waals surface area contributed by atoms with Crippen LogP contribution in [-0.4, -0.2) is 30.8 Å². The second-order valence-corrected chi connectivity index (χ2v) is 6.59. The molecule has 2 aromatic carbocycles. The minimum Gasteiger partial charge on any atom is -0.490 e. The van der Waals surface area contributed by atoms with E-state index in [0.29, 0.717) is 30.5 Å². The fraction of sp³-hybridized carbons (Fsp3) is 0.200. The first-order valence-electron chi connectivity index (χ1n) is 10.2. The molecule has 6 nitrogen and oxygen atoms in total. The molecule has 0 saturated heterocycles. The molecule has 1 heterocycles. The lowest BCUT2D eigenvalue weighted by Gasteiger charge is -2.12. The van der Waals surface area contributed by atoms with Gasteiger partial charge in [-0.3, -0.25) is 4.98 Å². The molecule has 0 aliphatic carbocycles. The van der Waals surface area contributed by atoms with Crippen LogP contribution in [0.25, 0.3) is 6.08 Å². The summed E-state index contributed by atoms with van der Waals surface area (Å²) >= 11 is 0. The highest BCUT2D eigenvalue weighted by Gasteiger charge is 2.07. The number of benzene rings is 2. The van der Waals surface area contributed by atoms with Crippen LogP contribution in [0.1, 0.15) is 18.1 Å². The van der Waals surface area contributed by atoms with E-state index < -0.39 is 5.97 Å². The van der Waals surface area contributed by atoms with Gasteiger partial charge in [0.2, 0.25) is 0 Å². The van der Waals surface area contributed by atoms with E-state index in [1.54, 1.807) is 30.6 Å². The van der Waals surface area contributed by atoms with Crippen LogP contribution in [-0.2, 0) is 16.1 Å². The van der Waals surface area contributed by atoms with Crippen molar-refractivity contribution in [2.75, 3.05) is 19.8 Å². The van der Waals surface area contributed by atoms with Gasteiger partial charge < -0.3 is 18.9 Å². The number of rotatable bonds is 11.